The Hall–Kier alpha value is -2.54. The summed E-state index contributed by atoms with van der Waals surface area (Å²) in [5.41, 5.74) is 0.392. The highest BCUT2D eigenvalue weighted by atomic mass is 19.1. The molecule has 0 aromatic heterocycles. The fraction of sp³-hybridized carbons (Fsp3) is 0.389. The Kier molecular flexibility index (Phi) is 6.82. The van der Waals surface area contributed by atoms with E-state index < -0.39 is 11.8 Å². The second-order valence-electron chi connectivity index (χ2n) is 5.89. The Balaban J connectivity index is 2.20. The smallest absolute Gasteiger partial charge is 0.328 e. The Morgan fingerprint density at radius 3 is 2.36 bits per heavy atom. The molecule has 1 aromatic rings. The molecule has 6 nitrogen and oxygen atoms in total. The third kappa shape index (κ3) is 5.22. The van der Waals surface area contributed by atoms with E-state index in [1.54, 1.807) is 7.05 Å². The van der Waals surface area contributed by atoms with Gasteiger partial charge in [-0.25, -0.2) is 9.18 Å². The van der Waals surface area contributed by atoms with Gasteiger partial charge in [-0.1, -0.05) is 0 Å². The average molecular weight is 348 g/mol. The first-order valence-electron chi connectivity index (χ1n) is 8.05. The van der Waals surface area contributed by atoms with Gasteiger partial charge < -0.3 is 4.74 Å². The van der Waals surface area contributed by atoms with Gasteiger partial charge in [0.2, 0.25) is 0 Å². The number of carbonyl (C=O) groups excluding carboxylic acids is 3. The van der Waals surface area contributed by atoms with Gasteiger partial charge in [0.1, 0.15) is 5.82 Å². The number of anilines is 1. The minimum atomic E-state index is -0.403. The van der Waals surface area contributed by atoms with E-state index in [1.807, 2.05) is 0 Å². The minimum absolute atomic E-state index is 0.118. The van der Waals surface area contributed by atoms with Gasteiger partial charge in [0, 0.05) is 38.7 Å². The van der Waals surface area contributed by atoms with Gasteiger partial charge in [-0.05, 0) is 43.0 Å². The van der Waals surface area contributed by atoms with Crippen molar-refractivity contribution >= 4 is 24.3 Å². The van der Waals surface area contributed by atoms with Crippen molar-refractivity contribution in [2.75, 3.05) is 31.7 Å². The molecule has 0 unspecified atom stereocenters. The molecule has 0 saturated carbocycles. The van der Waals surface area contributed by atoms with Crippen LogP contribution in [0.2, 0.25) is 0 Å². The van der Waals surface area contributed by atoms with E-state index >= 15 is 0 Å². The molecule has 1 saturated heterocycles. The number of hydrogen-bond acceptors (Lipinski definition) is 4. The molecule has 1 aromatic carbocycles. The molecule has 0 bridgehead atoms. The van der Waals surface area contributed by atoms with Crippen LogP contribution in [0.1, 0.15) is 12.8 Å². The zero-order valence-electron chi connectivity index (χ0n) is 14.1. The van der Waals surface area contributed by atoms with Crippen molar-refractivity contribution in [1.29, 1.82) is 0 Å². The summed E-state index contributed by atoms with van der Waals surface area (Å²) in [4.78, 5) is 37.4. The molecule has 25 heavy (non-hydrogen) atoms. The first-order chi connectivity index (χ1) is 12.0. The molecule has 1 aliphatic heterocycles. The van der Waals surface area contributed by atoms with Crippen LogP contribution in [0.3, 0.4) is 0 Å². The molecule has 1 fully saturated rings. The number of carbonyl (C=O) groups is 3. The highest BCUT2D eigenvalue weighted by Crippen LogP contribution is 2.20. The van der Waals surface area contributed by atoms with Gasteiger partial charge in [0.05, 0.1) is 5.57 Å². The van der Waals surface area contributed by atoms with Gasteiger partial charge in [-0.15, -0.1) is 0 Å². The largest absolute Gasteiger partial charge is 0.381 e. The van der Waals surface area contributed by atoms with Gasteiger partial charge in [0.25, 0.3) is 0 Å². The van der Waals surface area contributed by atoms with Crippen LogP contribution >= 0.6 is 0 Å². The molecule has 0 spiro atoms. The van der Waals surface area contributed by atoms with Crippen LogP contribution in [-0.4, -0.2) is 50.3 Å². The number of nitrogens with zero attached hydrogens (tertiary/aromatic N) is 2. The SMILES string of the molecule is CN(C(=O)N(C=C(C=O)C=O)CC1CCOCC1)c1ccc(F)cc1. The van der Waals surface area contributed by atoms with Crippen LogP contribution in [0.25, 0.3) is 0 Å². The standard InChI is InChI=1S/C18H21FN2O4/c1-20(17-4-2-16(19)3-5-17)18(24)21(11-15(12-22)13-23)10-14-6-8-25-9-7-14/h2-5,11-14H,6-10H2,1H3. The monoisotopic (exact) mass is 348 g/mol. The number of hydrogen-bond donors (Lipinski definition) is 0. The van der Waals surface area contributed by atoms with Crippen molar-refractivity contribution < 1.29 is 23.5 Å². The lowest BCUT2D eigenvalue weighted by Gasteiger charge is -2.30. The predicted octanol–water partition coefficient (Wildman–Crippen LogP) is 2.39. The van der Waals surface area contributed by atoms with Gasteiger partial charge in [-0.3, -0.25) is 19.4 Å². The lowest BCUT2D eigenvalue weighted by atomic mass is 10.00. The lowest BCUT2D eigenvalue weighted by Crippen LogP contribution is -2.41. The number of ether oxygens (including phenoxy) is 1. The van der Waals surface area contributed by atoms with Crippen LogP contribution in [0, 0.1) is 11.7 Å². The van der Waals surface area contributed by atoms with Crippen molar-refractivity contribution in [1.82, 2.24) is 4.90 Å². The topological polar surface area (TPSA) is 66.9 Å². The van der Waals surface area contributed by atoms with Gasteiger partial charge in [-0.2, -0.15) is 0 Å². The van der Waals surface area contributed by atoms with Crippen molar-refractivity contribution in [3.05, 3.63) is 41.9 Å². The van der Waals surface area contributed by atoms with E-state index in [0.29, 0.717) is 38.0 Å². The summed E-state index contributed by atoms with van der Waals surface area (Å²) in [7, 11) is 1.56. The first-order valence-corrected chi connectivity index (χ1v) is 8.05. The Morgan fingerprint density at radius 1 is 1.20 bits per heavy atom. The summed E-state index contributed by atoms with van der Waals surface area (Å²) in [6, 6.07) is 5.10. The zero-order valence-corrected chi connectivity index (χ0v) is 14.1. The highest BCUT2D eigenvalue weighted by Gasteiger charge is 2.23. The second-order valence-corrected chi connectivity index (χ2v) is 5.89. The number of halogens is 1. The molecule has 7 heteroatoms. The molecule has 0 N–H and O–H groups in total. The second kappa shape index (κ2) is 9.08. The fourth-order valence-electron chi connectivity index (χ4n) is 2.63. The summed E-state index contributed by atoms with van der Waals surface area (Å²) >= 11 is 0. The van der Waals surface area contributed by atoms with Crippen molar-refractivity contribution in [3.63, 3.8) is 0 Å². The Bertz CT molecular complexity index is 629. The molecule has 2 amide bonds. The van der Waals surface area contributed by atoms with E-state index in [9.17, 15) is 18.8 Å². The third-order valence-electron chi connectivity index (χ3n) is 4.12. The fourth-order valence-corrected chi connectivity index (χ4v) is 2.63. The Morgan fingerprint density at radius 2 is 1.80 bits per heavy atom. The summed E-state index contributed by atoms with van der Waals surface area (Å²) in [6.45, 7) is 1.62. The van der Waals surface area contributed by atoms with Crippen LogP contribution in [0.5, 0.6) is 0 Å². The summed E-state index contributed by atoms with van der Waals surface area (Å²) in [6.07, 6.45) is 3.69. The Labute approximate surface area is 145 Å². The molecule has 1 aliphatic rings. The van der Waals surface area contributed by atoms with E-state index in [4.69, 9.17) is 4.74 Å². The molecular weight excluding hydrogens is 327 g/mol. The zero-order chi connectivity index (χ0) is 18.2. The molecule has 2 rings (SSSR count). The lowest BCUT2D eigenvalue weighted by molar-refractivity contribution is -0.109. The number of rotatable bonds is 6. The summed E-state index contributed by atoms with van der Waals surface area (Å²) < 4.78 is 18.4. The van der Waals surface area contributed by atoms with Gasteiger partial charge >= 0.3 is 6.03 Å². The highest BCUT2D eigenvalue weighted by molar-refractivity contribution is 6.00. The molecule has 1 heterocycles. The number of urea groups is 1. The molecule has 0 aliphatic carbocycles. The maximum absolute atomic E-state index is 13.1. The van der Waals surface area contributed by atoms with Gasteiger partial charge in [0.15, 0.2) is 12.6 Å². The van der Waals surface area contributed by atoms with Crippen molar-refractivity contribution in [2.24, 2.45) is 5.92 Å². The number of amides is 2. The van der Waals surface area contributed by atoms with Crippen LogP contribution in [0.4, 0.5) is 14.9 Å². The van der Waals surface area contributed by atoms with E-state index in [0.717, 1.165) is 12.8 Å². The van der Waals surface area contributed by atoms with Crippen molar-refractivity contribution in [2.45, 2.75) is 12.8 Å². The number of allylic oxidation sites excluding steroid dienone is 1. The predicted molar refractivity (Wildman–Crippen MR) is 90.7 cm³/mol. The third-order valence-corrected chi connectivity index (χ3v) is 4.12. The maximum Gasteiger partial charge on any atom is 0.328 e. The molecule has 134 valence electrons. The summed E-state index contributed by atoms with van der Waals surface area (Å²) in [5.74, 6) is -0.178. The number of aldehydes is 2. The average Bonchev–Trinajstić information content (AvgIpc) is 2.65. The van der Waals surface area contributed by atoms with E-state index in [2.05, 4.69) is 0 Å². The van der Waals surface area contributed by atoms with Crippen LogP contribution < -0.4 is 4.90 Å². The number of benzene rings is 1. The van der Waals surface area contributed by atoms with Crippen LogP contribution in [-0.2, 0) is 14.3 Å². The summed E-state index contributed by atoms with van der Waals surface area (Å²) in [5, 5.41) is 0. The molecule has 0 radical (unpaired) electrons. The van der Waals surface area contributed by atoms with E-state index in [-0.39, 0.29) is 11.5 Å². The maximum atomic E-state index is 13.1. The minimum Gasteiger partial charge on any atom is -0.381 e. The van der Waals surface area contributed by atoms with Crippen molar-refractivity contribution in [3.8, 4) is 0 Å². The quantitative estimate of drug-likeness (QED) is 0.343. The normalized spacial score (nSPS) is 14.5. The van der Waals surface area contributed by atoms with E-state index in [1.165, 1.54) is 40.3 Å². The first kappa shape index (κ1) is 18.8. The molecular formula is C18H21FN2O4. The van der Waals surface area contributed by atoms with Crippen LogP contribution in [0.15, 0.2) is 36.0 Å². The molecule has 0 atom stereocenters.